The lowest BCUT2D eigenvalue weighted by atomic mass is 10.1. The second kappa shape index (κ2) is 16.2. The molecule has 0 aliphatic carbocycles. The van der Waals surface area contributed by atoms with Crippen LogP contribution in [0.4, 0.5) is 0 Å². The number of pyridine rings is 2. The maximum atomic E-state index is 9.55. The fourth-order valence-corrected chi connectivity index (χ4v) is 2.73. The first-order chi connectivity index (χ1) is 17.5. The monoisotopic (exact) mass is 496 g/mol. The van der Waals surface area contributed by atoms with Gasteiger partial charge in [-0.1, -0.05) is 18.2 Å². The smallest absolute Gasteiger partial charge is 0.328 e. The van der Waals surface area contributed by atoms with Crippen LogP contribution >= 0.6 is 0 Å². The van der Waals surface area contributed by atoms with Gasteiger partial charge in [-0.2, -0.15) is 0 Å². The third-order valence-electron chi connectivity index (χ3n) is 4.33. The molecule has 2 aromatic heterocycles. The Kier molecular flexibility index (Phi) is 12.5. The molecule has 0 radical (unpaired) electrons. The Bertz CT molecular complexity index is 1090. The van der Waals surface area contributed by atoms with Crippen LogP contribution in [-0.4, -0.2) is 59.1 Å². The minimum atomic E-state index is -1.26. The lowest BCUT2D eigenvalue weighted by molar-refractivity contribution is -0.134. The van der Waals surface area contributed by atoms with Crippen LogP contribution in [0.1, 0.15) is 12.0 Å². The Balaban J connectivity index is 0.000000493. The highest BCUT2D eigenvalue weighted by Gasteiger charge is 2.08. The zero-order valence-corrected chi connectivity index (χ0v) is 19.8. The molecule has 0 aliphatic rings. The van der Waals surface area contributed by atoms with E-state index in [1.54, 1.807) is 25.7 Å². The normalized spacial score (nSPS) is 10.2. The summed E-state index contributed by atoms with van der Waals surface area (Å²) in [4.78, 5) is 27.5. The SMILES string of the molecule is COCCOc1cnccc1CCCOc1cccnc1Oc1ccccc1.O=C(O)/C=C/C(=O)O. The van der Waals surface area contributed by atoms with E-state index in [0.29, 0.717) is 43.6 Å². The van der Waals surface area contributed by atoms with E-state index in [-0.39, 0.29) is 0 Å². The van der Waals surface area contributed by atoms with Gasteiger partial charge in [-0.15, -0.1) is 0 Å². The van der Waals surface area contributed by atoms with Crippen molar-refractivity contribution < 1.29 is 38.7 Å². The van der Waals surface area contributed by atoms with Gasteiger partial charge in [0.1, 0.15) is 18.1 Å². The van der Waals surface area contributed by atoms with Gasteiger partial charge in [-0.25, -0.2) is 14.6 Å². The molecule has 2 heterocycles. The van der Waals surface area contributed by atoms with E-state index in [9.17, 15) is 9.59 Å². The number of hydrogen-bond donors (Lipinski definition) is 2. The molecule has 1 aromatic carbocycles. The van der Waals surface area contributed by atoms with Crippen LogP contribution < -0.4 is 14.2 Å². The average Bonchev–Trinajstić information content (AvgIpc) is 2.88. The van der Waals surface area contributed by atoms with Crippen LogP contribution in [0.3, 0.4) is 0 Å². The summed E-state index contributed by atoms with van der Waals surface area (Å²) in [5, 5.41) is 15.6. The van der Waals surface area contributed by atoms with Crippen molar-refractivity contribution in [2.45, 2.75) is 12.8 Å². The van der Waals surface area contributed by atoms with Gasteiger partial charge in [0.25, 0.3) is 5.88 Å². The molecule has 2 N–H and O–H groups in total. The zero-order chi connectivity index (χ0) is 26.0. The predicted octanol–water partition coefficient (Wildman–Crippen LogP) is 4.02. The Hall–Kier alpha value is -4.44. The van der Waals surface area contributed by atoms with Gasteiger partial charge in [0, 0.05) is 31.7 Å². The number of carboxylic acids is 2. The minimum absolute atomic E-state index is 0.459. The Morgan fingerprint density at radius 3 is 2.28 bits per heavy atom. The van der Waals surface area contributed by atoms with Gasteiger partial charge < -0.3 is 29.2 Å². The molecule has 190 valence electrons. The fraction of sp³-hybridized carbons (Fsp3) is 0.231. The molecule has 0 fully saturated rings. The molecule has 0 bridgehead atoms. The van der Waals surface area contributed by atoms with Crippen molar-refractivity contribution >= 4 is 11.9 Å². The summed E-state index contributed by atoms with van der Waals surface area (Å²) >= 11 is 0. The zero-order valence-electron chi connectivity index (χ0n) is 19.8. The second-order valence-electron chi connectivity index (χ2n) is 7.01. The Morgan fingerprint density at radius 1 is 0.861 bits per heavy atom. The van der Waals surface area contributed by atoms with Crippen LogP contribution in [0.5, 0.6) is 23.1 Å². The van der Waals surface area contributed by atoms with E-state index in [4.69, 9.17) is 29.2 Å². The number of hydrogen-bond acceptors (Lipinski definition) is 8. The van der Waals surface area contributed by atoms with Crippen LogP contribution in [0.25, 0.3) is 0 Å². The molecule has 36 heavy (non-hydrogen) atoms. The molecule has 0 amide bonds. The third kappa shape index (κ3) is 11.1. The molecule has 10 nitrogen and oxygen atoms in total. The second-order valence-corrected chi connectivity index (χ2v) is 7.01. The molecule has 3 aromatic rings. The maximum absolute atomic E-state index is 9.55. The highest BCUT2D eigenvalue weighted by Crippen LogP contribution is 2.29. The van der Waals surface area contributed by atoms with Crippen LogP contribution in [-0.2, 0) is 20.7 Å². The molecule has 0 spiro atoms. The van der Waals surface area contributed by atoms with E-state index in [1.165, 1.54) is 0 Å². The van der Waals surface area contributed by atoms with E-state index in [1.807, 2.05) is 48.5 Å². The number of aromatic nitrogens is 2. The summed E-state index contributed by atoms with van der Waals surface area (Å²) in [5.74, 6) is 0.0772. The van der Waals surface area contributed by atoms with Crippen LogP contribution in [0, 0.1) is 0 Å². The van der Waals surface area contributed by atoms with Gasteiger partial charge >= 0.3 is 11.9 Å². The lowest BCUT2D eigenvalue weighted by Gasteiger charge is -2.12. The molecule has 0 unspecified atom stereocenters. The predicted molar refractivity (Wildman–Crippen MR) is 131 cm³/mol. The largest absolute Gasteiger partial charge is 0.489 e. The number of para-hydroxylation sites is 1. The fourth-order valence-electron chi connectivity index (χ4n) is 2.73. The van der Waals surface area contributed by atoms with Crippen LogP contribution in [0.2, 0.25) is 0 Å². The van der Waals surface area contributed by atoms with Gasteiger partial charge in [-0.05, 0) is 48.7 Å². The number of aliphatic carboxylic acids is 2. The lowest BCUT2D eigenvalue weighted by Crippen LogP contribution is -2.07. The molecular formula is C26H28N2O8. The van der Waals surface area contributed by atoms with Crippen molar-refractivity contribution in [3.63, 3.8) is 0 Å². The van der Waals surface area contributed by atoms with Gasteiger partial charge in [0.05, 0.1) is 19.4 Å². The van der Waals surface area contributed by atoms with E-state index < -0.39 is 11.9 Å². The molecular weight excluding hydrogens is 468 g/mol. The number of methoxy groups -OCH3 is 1. The number of nitrogens with zero attached hydrogens (tertiary/aromatic N) is 2. The quantitative estimate of drug-likeness (QED) is 0.264. The van der Waals surface area contributed by atoms with E-state index >= 15 is 0 Å². The van der Waals surface area contributed by atoms with E-state index in [0.717, 1.165) is 29.9 Å². The third-order valence-corrected chi connectivity index (χ3v) is 4.33. The number of ether oxygens (including phenoxy) is 4. The van der Waals surface area contributed by atoms with Crippen molar-refractivity contribution in [2.75, 3.05) is 26.9 Å². The number of benzene rings is 1. The first-order valence-electron chi connectivity index (χ1n) is 11.0. The van der Waals surface area contributed by atoms with Crippen molar-refractivity contribution in [1.82, 2.24) is 9.97 Å². The highest BCUT2D eigenvalue weighted by molar-refractivity contribution is 5.89. The summed E-state index contributed by atoms with van der Waals surface area (Å²) in [6.45, 7) is 1.58. The van der Waals surface area contributed by atoms with Crippen molar-refractivity contribution in [3.05, 3.63) is 84.8 Å². The molecule has 3 rings (SSSR count). The number of carboxylic acid groups (broad SMARTS) is 2. The highest BCUT2D eigenvalue weighted by atomic mass is 16.5. The molecule has 0 saturated heterocycles. The Morgan fingerprint density at radius 2 is 1.58 bits per heavy atom. The van der Waals surface area contributed by atoms with Crippen molar-refractivity contribution in [1.29, 1.82) is 0 Å². The standard InChI is InChI=1S/C22H24N2O4.C4H4O4/c1-25-15-16-27-21-17-23-13-11-18(21)7-6-14-26-20-10-5-12-24-22(20)28-19-8-3-2-4-9-19;5-3(6)1-2-4(7)8/h2-5,8-13,17H,6-7,14-16H2,1H3;1-2H,(H,5,6)(H,7,8)/b;2-1+. The number of rotatable bonds is 13. The van der Waals surface area contributed by atoms with Gasteiger partial charge in [-0.3, -0.25) is 4.98 Å². The number of carbonyl (C=O) groups is 2. The molecule has 0 saturated carbocycles. The summed E-state index contributed by atoms with van der Waals surface area (Å²) < 4.78 is 22.5. The van der Waals surface area contributed by atoms with Gasteiger partial charge in [0.2, 0.25) is 0 Å². The minimum Gasteiger partial charge on any atom is -0.489 e. The van der Waals surface area contributed by atoms with Crippen molar-refractivity contribution in [2.24, 2.45) is 0 Å². The van der Waals surface area contributed by atoms with E-state index in [2.05, 4.69) is 9.97 Å². The summed E-state index contributed by atoms with van der Waals surface area (Å²) in [7, 11) is 1.65. The number of aryl methyl sites for hydroxylation is 1. The average molecular weight is 497 g/mol. The first-order valence-corrected chi connectivity index (χ1v) is 11.0. The topological polar surface area (TPSA) is 137 Å². The van der Waals surface area contributed by atoms with Gasteiger partial charge in [0.15, 0.2) is 5.75 Å². The maximum Gasteiger partial charge on any atom is 0.328 e. The van der Waals surface area contributed by atoms with Crippen LogP contribution in [0.15, 0.2) is 79.3 Å². The Labute approximate surface area is 208 Å². The summed E-state index contributed by atoms with van der Waals surface area (Å²) in [6, 6.07) is 15.2. The molecule has 10 heteroatoms. The summed E-state index contributed by atoms with van der Waals surface area (Å²) in [6.07, 6.45) is 7.95. The molecule has 0 atom stereocenters. The molecule has 0 aliphatic heterocycles. The van der Waals surface area contributed by atoms with Crippen molar-refractivity contribution in [3.8, 4) is 23.1 Å². The first kappa shape index (κ1) is 27.8. The summed E-state index contributed by atoms with van der Waals surface area (Å²) in [5.41, 5.74) is 1.10.